The molecule has 0 aliphatic rings. The Morgan fingerprint density at radius 1 is 1.08 bits per heavy atom. The Kier molecular flexibility index (Phi) is 1.67. The number of hydrogen-bond acceptors (Lipinski definition) is 1. The van der Waals surface area contributed by atoms with Crippen molar-refractivity contribution in [2.45, 2.75) is 0 Å². The second-order valence-corrected chi connectivity index (χ2v) is 2.50. The van der Waals surface area contributed by atoms with Crippen LogP contribution in [0.4, 0.5) is 0 Å². The van der Waals surface area contributed by atoms with Crippen molar-refractivity contribution >= 4 is 11.0 Å². The Bertz CT molecular complexity index is 396. The second kappa shape index (κ2) is 2.81. The number of hydrogen-bond donors (Lipinski definition) is 0. The van der Waals surface area contributed by atoms with Gasteiger partial charge in [0, 0.05) is 11.5 Å². The van der Waals surface area contributed by atoms with Gasteiger partial charge in [0.05, 0.1) is 6.07 Å². The third-order valence-corrected chi connectivity index (χ3v) is 1.73. The molecule has 0 unspecified atom stereocenters. The van der Waals surface area contributed by atoms with Gasteiger partial charge in [-0.1, -0.05) is 12.1 Å². The summed E-state index contributed by atoms with van der Waals surface area (Å²) in [4.78, 5) is 0. The minimum atomic E-state index is 0.536. The maximum atomic E-state index is 5.39. The van der Waals surface area contributed by atoms with Crippen molar-refractivity contribution in [3.63, 3.8) is 0 Å². The normalized spacial score (nSPS) is 10.1. The highest BCUT2D eigenvalue weighted by atomic mass is 16.6. The molecule has 60 valence electrons. The van der Waals surface area contributed by atoms with E-state index in [2.05, 4.69) is 0 Å². The first-order valence-electron chi connectivity index (χ1n) is 3.76. The molecule has 0 aliphatic carbocycles. The topological polar surface area (TPSA) is 20.5 Å². The first kappa shape index (κ1) is 7.10. The van der Waals surface area contributed by atoms with E-state index in [1.54, 1.807) is 7.11 Å². The van der Waals surface area contributed by atoms with Gasteiger partial charge in [-0.3, -0.25) is 4.42 Å². The van der Waals surface area contributed by atoms with E-state index in [-0.39, 0.29) is 0 Å². The van der Waals surface area contributed by atoms with Crippen LogP contribution in [0.15, 0.2) is 40.8 Å². The van der Waals surface area contributed by atoms with E-state index in [0.717, 1.165) is 11.0 Å². The number of ether oxygens (including phenoxy) is 1. The molecule has 0 bridgehead atoms. The van der Waals surface area contributed by atoms with Crippen LogP contribution in [0.1, 0.15) is 0 Å². The average molecular weight is 161 g/mol. The van der Waals surface area contributed by atoms with E-state index in [0.29, 0.717) is 5.95 Å². The lowest BCUT2D eigenvalue weighted by molar-refractivity contribution is 0.310. The zero-order chi connectivity index (χ0) is 8.39. The lowest BCUT2D eigenvalue weighted by atomic mass is 10.2. The van der Waals surface area contributed by atoms with E-state index in [9.17, 15) is 0 Å². The average Bonchev–Trinajstić information content (AvgIpc) is 2.17. The largest absolute Gasteiger partial charge is 0.518 e. The predicted molar refractivity (Wildman–Crippen MR) is 47.2 cm³/mol. The van der Waals surface area contributed by atoms with Crippen LogP contribution < -0.4 is 4.74 Å². The van der Waals surface area contributed by atoms with E-state index in [1.807, 2.05) is 36.4 Å². The molecule has 2 rings (SSSR count). The Hall–Kier alpha value is -1.57. The Balaban J connectivity index is 2.67. The molecule has 1 aromatic carbocycles. The van der Waals surface area contributed by atoms with Crippen LogP contribution in [0.3, 0.4) is 0 Å². The minimum Gasteiger partial charge on any atom is -0.321 e. The van der Waals surface area contributed by atoms with Crippen LogP contribution in [0.2, 0.25) is 0 Å². The number of rotatable bonds is 1. The molecule has 0 fully saturated rings. The highest BCUT2D eigenvalue weighted by Gasteiger charge is 2.06. The molecule has 1 aromatic heterocycles. The lowest BCUT2D eigenvalue weighted by Crippen LogP contribution is -1.81. The summed E-state index contributed by atoms with van der Waals surface area (Å²) < 4.78 is 10.3. The van der Waals surface area contributed by atoms with Crippen molar-refractivity contribution in [2.75, 3.05) is 7.11 Å². The van der Waals surface area contributed by atoms with E-state index in [4.69, 9.17) is 9.15 Å². The van der Waals surface area contributed by atoms with Gasteiger partial charge in [-0.15, -0.1) is 0 Å². The Morgan fingerprint density at radius 2 is 1.92 bits per heavy atom. The molecule has 2 aromatic rings. The fraction of sp³-hybridized carbons (Fsp3) is 0.100. The third kappa shape index (κ3) is 1.11. The van der Waals surface area contributed by atoms with Crippen molar-refractivity contribution in [1.82, 2.24) is 0 Å². The molecule has 0 saturated heterocycles. The van der Waals surface area contributed by atoms with Gasteiger partial charge in [-0.25, -0.2) is 0 Å². The highest BCUT2D eigenvalue weighted by Crippen LogP contribution is 2.19. The number of benzene rings is 1. The summed E-state index contributed by atoms with van der Waals surface area (Å²) >= 11 is 0. The summed E-state index contributed by atoms with van der Waals surface area (Å²) in [6.45, 7) is 0. The number of methoxy groups -OCH3 is 1. The van der Waals surface area contributed by atoms with Gasteiger partial charge in [0.2, 0.25) is 0 Å². The van der Waals surface area contributed by atoms with Crippen molar-refractivity contribution < 1.29 is 9.15 Å². The molecule has 2 nitrogen and oxygen atoms in total. The van der Waals surface area contributed by atoms with Gasteiger partial charge in [-0.2, -0.15) is 0 Å². The van der Waals surface area contributed by atoms with Gasteiger partial charge in [0.15, 0.2) is 7.11 Å². The van der Waals surface area contributed by atoms with Crippen molar-refractivity contribution in [3.8, 4) is 5.95 Å². The van der Waals surface area contributed by atoms with Crippen LogP contribution in [-0.2, 0) is 0 Å². The highest BCUT2D eigenvalue weighted by molar-refractivity contribution is 5.76. The molecule has 12 heavy (non-hydrogen) atoms. The van der Waals surface area contributed by atoms with Crippen molar-refractivity contribution in [1.29, 1.82) is 0 Å². The third-order valence-electron chi connectivity index (χ3n) is 1.73. The van der Waals surface area contributed by atoms with Crippen LogP contribution >= 0.6 is 0 Å². The summed E-state index contributed by atoms with van der Waals surface area (Å²) in [5, 5.41) is 1.08. The van der Waals surface area contributed by atoms with Gasteiger partial charge >= 0.3 is 5.95 Å². The number of fused-ring (bicyclic) bond motifs is 1. The number of para-hydroxylation sites is 1. The maximum Gasteiger partial charge on any atom is 0.518 e. The first-order chi connectivity index (χ1) is 5.90. The zero-order valence-electron chi connectivity index (χ0n) is 6.78. The summed E-state index contributed by atoms with van der Waals surface area (Å²) in [6, 6.07) is 11.6. The smallest absolute Gasteiger partial charge is 0.321 e. The monoisotopic (exact) mass is 161 g/mol. The van der Waals surface area contributed by atoms with Crippen molar-refractivity contribution in [2.24, 2.45) is 0 Å². The molecule has 2 heteroatoms. The molecule has 0 N–H and O–H groups in total. The minimum absolute atomic E-state index is 0.536. The summed E-state index contributed by atoms with van der Waals surface area (Å²) in [7, 11) is 1.59. The SMILES string of the molecule is COc1ccc2ccccc2[o+]1. The van der Waals surface area contributed by atoms with Gasteiger partial charge in [-0.05, 0) is 12.1 Å². The fourth-order valence-corrected chi connectivity index (χ4v) is 1.12. The van der Waals surface area contributed by atoms with Crippen LogP contribution in [0.5, 0.6) is 5.95 Å². The standard InChI is InChI=1S/C10H9O2/c1-11-10-7-6-8-4-2-3-5-9(8)12-10/h2-7H,1H3/q+1. The summed E-state index contributed by atoms with van der Waals surface area (Å²) in [6.07, 6.45) is 0. The van der Waals surface area contributed by atoms with Gasteiger partial charge < -0.3 is 4.74 Å². The molecular weight excluding hydrogens is 152 g/mol. The van der Waals surface area contributed by atoms with Crippen LogP contribution in [0.25, 0.3) is 11.0 Å². The molecule has 0 aliphatic heterocycles. The fourth-order valence-electron chi connectivity index (χ4n) is 1.12. The van der Waals surface area contributed by atoms with Crippen LogP contribution in [0, 0.1) is 0 Å². The molecule has 0 radical (unpaired) electrons. The Morgan fingerprint density at radius 3 is 2.75 bits per heavy atom. The molecule has 0 saturated carbocycles. The first-order valence-corrected chi connectivity index (χ1v) is 3.76. The van der Waals surface area contributed by atoms with E-state index < -0.39 is 0 Å². The summed E-state index contributed by atoms with van der Waals surface area (Å²) in [5.41, 5.74) is 0.844. The lowest BCUT2D eigenvalue weighted by Gasteiger charge is -1.89. The summed E-state index contributed by atoms with van der Waals surface area (Å²) in [5.74, 6) is 0.536. The van der Waals surface area contributed by atoms with Crippen LogP contribution in [-0.4, -0.2) is 7.11 Å². The van der Waals surface area contributed by atoms with Gasteiger partial charge in [0.25, 0.3) is 5.58 Å². The van der Waals surface area contributed by atoms with Gasteiger partial charge in [0.1, 0.15) is 0 Å². The quantitative estimate of drug-likeness (QED) is 0.599. The zero-order valence-corrected chi connectivity index (χ0v) is 6.78. The van der Waals surface area contributed by atoms with E-state index in [1.165, 1.54) is 0 Å². The maximum absolute atomic E-state index is 5.39. The van der Waals surface area contributed by atoms with Crippen molar-refractivity contribution in [3.05, 3.63) is 36.4 Å². The Labute approximate surface area is 70.4 Å². The second-order valence-electron chi connectivity index (χ2n) is 2.50. The molecule has 0 atom stereocenters. The van der Waals surface area contributed by atoms with E-state index >= 15 is 0 Å². The molecule has 0 spiro atoms. The molecule has 1 heterocycles. The molecule has 0 amide bonds. The molecular formula is C10H9O2+. The predicted octanol–water partition coefficient (Wildman–Crippen LogP) is 2.72.